The van der Waals surface area contributed by atoms with E-state index in [2.05, 4.69) is 44.4 Å². The Hall–Kier alpha value is -2.28. The second-order valence-corrected chi connectivity index (χ2v) is 13.8. The van der Waals surface area contributed by atoms with Gasteiger partial charge >= 0.3 is 0 Å². The molecule has 1 unspecified atom stereocenters. The molecule has 0 aromatic heterocycles. The number of hydrogen-bond acceptors (Lipinski definition) is 4. The summed E-state index contributed by atoms with van der Waals surface area (Å²) >= 11 is 0. The molecule has 0 saturated carbocycles. The minimum atomic E-state index is -1.91. The Kier molecular flexibility index (Phi) is 8.52. The van der Waals surface area contributed by atoms with Crippen molar-refractivity contribution in [2.24, 2.45) is 5.10 Å². The van der Waals surface area contributed by atoms with Crippen molar-refractivity contribution in [1.82, 2.24) is 5.43 Å². The molecule has 0 saturated heterocycles. The number of aliphatic hydroxyl groups is 1. The summed E-state index contributed by atoms with van der Waals surface area (Å²) in [5, 5.41) is 14.7. The van der Waals surface area contributed by atoms with Crippen LogP contribution in [0, 0.1) is 0 Å². The molecule has 0 spiro atoms. The molecule has 0 aliphatic rings. The molecular formula is C24H34N2O3Si. The van der Waals surface area contributed by atoms with Crippen molar-refractivity contribution in [3.05, 3.63) is 71.8 Å². The van der Waals surface area contributed by atoms with E-state index in [1.165, 1.54) is 0 Å². The number of hydrazone groups is 1. The lowest BCUT2D eigenvalue weighted by atomic mass is 10.0. The molecule has 0 aliphatic heterocycles. The highest BCUT2D eigenvalue weighted by Gasteiger charge is 2.37. The van der Waals surface area contributed by atoms with Gasteiger partial charge in [-0.25, -0.2) is 5.43 Å². The minimum absolute atomic E-state index is 0.0874. The zero-order chi connectivity index (χ0) is 22.2. The third-order valence-electron chi connectivity index (χ3n) is 5.53. The number of benzene rings is 2. The van der Waals surface area contributed by atoms with Gasteiger partial charge in [0.2, 0.25) is 5.91 Å². The average Bonchev–Trinajstić information content (AvgIpc) is 2.71. The van der Waals surface area contributed by atoms with Crippen LogP contribution in [0.5, 0.6) is 0 Å². The van der Waals surface area contributed by atoms with Gasteiger partial charge in [-0.05, 0) is 24.6 Å². The number of carbonyl (C=O) groups excluding carboxylic acids is 1. The highest BCUT2D eigenvalue weighted by molar-refractivity contribution is 6.74. The molecule has 0 fully saturated rings. The van der Waals surface area contributed by atoms with E-state index in [0.29, 0.717) is 12.1 Å². The fourth-order valence-corrected chi connectivity index (χ4v) is 3.61. The van der Waals surface area contributed by atoms with Gasteiger partial charge in [-0.3, -0.25) is 4.79 Å². The first kappa shape index (κ1) is 24.0. The Morgan fingerprint density at radius 3 is 2.00 bits per heavy atom. The zero-order valence-corrected chi connectivity index (χ0v) is 19.7. The van der Waals surface area contributed by atoms with Crippen molar-refractivity contribution in [3.8, 4) is 0 Å². The van der Waals surface area contributed by atoms with Crippen LogP contribution in [-0.2, 0) is 9.22 Å². The predicted molar refractivity (Wildman–Crippen MR) is 125 cm³/mol. The monoisotopic (exact) mass is 426 g/mol. The van der Waals surface area contributed by atoms with Gasteiger partial charge in [0.1, 0.15) is 0 Å². The second kappa shape index (κ2) is 10.7. The number of carbonyl (C=O) groups is 1. The van der Waals surface area contributed by atoms with Crippen molar-refractivity contribution >= 4 is 19.9 Å². The summed E-state index contributed by atoms with van der Waals surface area (Å²) in [6, 6.07) is 19.5. The fourth-order valence-electron chi connectivity index (χ4n) is 2.56. The maximum atomic E-state index is 12.3. The predicted octanol–water partition coefficient (Wildman–Crippen LogP) is 4.72. The Labute approximate surface area is 181 Å². The van der Waals surface area contributed by atoms with Gasteiger partial charge in [-0.2, -0.15) is 5.10 Å². The molecule has 2 aromatic carbocycles. The Morgan fingerprint density at radius 1 is 1.03 bits per heavy atom. The lowest BCUT2D eigenvalue weighted by molar-refractivity contribution is -0.121. The summed E-state index contributed by atoms with van der Waals surface area (Å²) < 4.78 is 6.03. The first-order chi connectivity index (χ1) is 14.1. The van der Waals surface area contributed by atoms with Crippen molar-refractivity contribution in [2.75, 3.05) is 6.61 Å². The quantitative estimate of drug-likeness (QED) is 0.346. The molecule has 0 heterocycles. The lowest BCUT2D eigenvalue weighted by Gasteiger charge is -2.36. The molecule has 2 aromatic rings. The normalized spacial score (nSPS) is 12.9. The highest BCUT2D eigenvalue weighted by atomic mass is 28.4. The van der Waals surface area contributed by atoms with Crippen LogP contribution < -0.4 is 5.43 Å². The van der Waals surface area contributed by atoms with Crippen LogP contribution in [-0.4, -0.2) is 37.8 Å². The van der Waals surface area contributed by atoms with E-state index >= 15 is 0 Å². The summed E-state index contributed by atoms with van der Waals surface area (Å²) in [4.78, 5) is 12.3. The lowest BCUT2D eigenvalue weighted by Crippen LogP contribution is -2.42. The van der Waals surface area contributed by atoms with E-state index in [1.54, 1.807) is 0 Å². The van der Waals surface area contributed by atoms with E-state index in [0.717, 1.165) is 11.1 Å². The van der Waals surface area contributed by atoms with Crippen LogP contribution >= 0.6 is 0 Å². The number of hydrogen-bond donors (Lipinski definition) is 2. The first-order valence-corrected chi connectivity index (χ1v) is 13.3. The standard InChI is InChI=1S/C24H34N2O3Si/c1-24(2,3)30(4,5)29-18-21(27)16-17-22(28)25-26-23(19-12-8-6-9-13-19)20-14-10-7-11-15-20/h6-15,21,27H,16-18H2,1-5H3,(H,25,28). The second-order valence-electron chi connectivity index (χ2n) is 8.99. The van der Waals surface area contributed by atoms with Gasteiger partial charge < -0.3 is 9.53 Å². The molecule has 162 valence electrons. The molecule has 2 rings (SSSR count). The zero-order valence-electron chi connectivity index (χ0n) is 18.7. The Morgan fingerprint density at radius 2 is 1.53 bits per heavy atom. The summed E-state index contributed by atoms with van der Waals surface area (Å²) in [7, 11) is -1.91. The number of nitrogens with zero attached hydrogens (tertiary/aromatic N) is 1. The van der Waals surface area contributed by atoms with Gasteiger partial charge in [0.05, 0.1) is 18.4 Å². The van der Waals surface area contributed by atoms with E-state index in [4.69, 9.17) is 4.43 Å². The average molecular weight is 427 g/mol. The molecule has 5 nitrogen and oxygen atoms in total. The van der Waals surface area contributed by atoms with Crippen LogP contribution in [0.4, 0.5) is 0 Å². The van der Waals surface area contributed by atoms with Crippen LogP contribution in [0.1, 0.15) is 44.7 Å². The molecule has 1 amide bonds. The maximum Gasteiger partial charge on any atom is 0.240 e. The van der Waals surface area contributed by atoms with Gasteiger partial charge in [0.15, 0.2) is 8.32 Å². The van der Waals surface area contributed by atoms with E-state index in [-0.39, 0.29) is 24.0 Å². The summed E-state index contributed by atoms with van der Waals surface area (Å²) in [5.74, 6) is -0.231. The smallest absolute Gasteiger partial charge is 0.240 e. The Balaban J connectivity index is 1.93. The maximum absolute atomic E-state index is 12.3. The molecular weight excluding hydrogens is 392 g/mol. The molecule has 0 bridgehead atoms. The van der Waals surface area contributed by atoms with Gasteiger partial charge in [0.25, 0.3) is 0 Å². The van der Waals surface area contributed by atoms with E-state index in [1.807, 2.05) is 60.7 Å². The van der Waals surface area contributed by atoms with E-state index in [9.17, 15) is 9.90 Å². The van der Waals surface area contributed by atoms with Crippen molar-refractivity contribution < 1.29 is 14.3 Å². The molecule has 0 radical (unpaired) electrons. The van der Waals surface area contributed by atoms with E-state index < -0.39 is 14.4 Å². The van der Waals surface area contributed by atoms with Crippen LogP contribution in [0.2, 0.25) is 18.1 Å². The topological polar surface area (TPSA) is 70.9 Å². The minimum Gasteiger partial charge on any atom is -0.414 e. The SMILES string of the molecule is CC(C)(C)[Si](C)(C)OCC(O)CCC(=O)NN=C(c1ccccc1)c1ccccc1. The van der Waals surface area contributed by atoms with Crippen molar-refractivity contribution in [1.29, 1.82) is 0 Å². The summed E-state index contributed by atoms with van der Waals surface area (Å²) in [5.41, 5.74) is 5.18. The first-order valence-electron chi connectivity index (χ1n) is 10.4. The van der Waals surface area contributed by atoms with Crippen molar-refractivity contribution in [2.45, 2.75) is 57.8 Å². The van der Waals surface area contributed by atoms with Crippen molar-refractivity contribution in [3.63, 3.8) is 0 Å². The fraction of sp³-hybridized carbons (Fsp3) is 0.417. The van der Waals surface area contributed by atoms with Gasteiger partial charge in [0, 0.05) is 17.5 Å². The van der Waals surface area contributed by atoms with Crippen LogP contribution in [0.25, 0.3) is 0 Å². The molecule has 2 N–H and O–H groups in total. The van der Waals surface area contributed by atoms with Crippen LogP contribution in [0.15, 0.2) is 65.8 Å². The van der Waals surface area contributed by atoms with Gasteiger partial charge in [-0.15, -0.1) is 0 Å². The van der Waals surface area contributed by atoms with Gasteiger partial charge in [-0.1, -0.05) is 81.4 Å². The summed E-state index contributed by atoms with van der Waals surface area (Å²) in [6.45, 7) is 11.0. The molecule has 0 aliphatic carbocycles. The number of amides is 1. The number of aliphatic hydroxyl groups excluding tert-OH is 1. The third-order valence-corrected chi connectivity index (χ3v) is 10.0. The molecule has 1 atom stereocenters. The number of nitrogens with one attached hydrogen (secondary N) is 1. The third kappa shape index (κ3) is 7.20. The largest absolute Gasteiger partial charge is 0.414 e. The molecule has 30 heavy (non-hydrogen) atoms. The molecule has 6 heteroatoms. The summed E-state index contributed by atoms with van der Waals surface area (Å²) in [6.07, 6.45) is -0.152. The number of rotatable bonds is 9. The highest BCUT2D eigenvalue weighted by Crippen LogP contribution is 2.36. The van der Waals surface area contributed by atoms with Crippen LogP contribution in [0.3, 0.4) is 0 Å². The Bertz CT molecular complexity index is 789.